The van der Waals surface area contributed by atoms with Gasteiger partial charge >= 0.3 is 0 Å². The second-order valence-electron chi connectivity index (χ2n) is 6.78. The molecule has 132 valence electrons. The van der Waals surface area contributed by atoms with Gasteiger partial charge in [-0.25, -0.2) is 0 Å². The molecule has 2 aliphatic rings. The predicted octanol–water partition coefficient (Wildman–Crippen LogP) is 2.52. The van der Waals surface area contributed by atoms with Crippen molar-refractivity contribution < 1.29 is 4.79 Å². The number of rotatable bonds is 9. The van der Waals surface area contributed by atoms with E-state index in [1.807, 2.05) is 24.4 Å². The molecule has 1 saturated heterocycles. The number of carbonyl (C=O) groups is 1. The average Bonchev–Trinajstić information content (AvgIpc) is 3.28. The molecular weight excluding hydrogens is 314 g/mol. The summed E-state index contributed by atoms with van der Waals surface area (Å²) in [6.07, 6.45) is 11.9. The van der Waals surface area contributed by atoms with Gasteiger partial charge in [0.25, 0.3) is 0 Å². The maximum Gasteiger partial charge on any atom is 0.220 e. The third-order valence-electron chi connectivity index (χ3n) is 4.93. The van der Waals surface area contributed by atoms with E-state index in [0.717, 1.165) is 31.6 Å². The van der Waals surface area contributed by atoms with E-state index in [9.17, 15) is 4.79 Å². The minimum Gasteiger partial charge on any atom is -0.355 e. The Labute approximate surface area is 149 Å². The number of likely N-dealkylation sites (tertiary alicyclic amines) is 1. The molecule has 3 heterocycles. The molecule has 6 nitrogen and oxygen atoms in total. The van der Waals surface area contributed by atoms with Crippen LogP contribution in [0.5, 0.6) is 0 Å². The maximum absolute atomic E-state index is 12.1. The number of nitrogens with one attached hydrogen (secondary N) is 1. The van der Waals surface area contributed by atoms with Gasteiger partial charge in [-0.2, -0.15) is 10.2 Å². The summed E-state index contributed by atoms with van der Waals surface area (Å²) < 4.78 is 0. The molecule has 0 aliphatic carbocycles. The molecule has 1 amide bonds. The van der Waals surface area contributed by atoms with E-state index >= 15 is 0 Å². The molecule has 0 aromatic carbocycles. The van der Waals surface area contributed by atoms with Crippen LogP contribution < -0.4 is 5.32 Å². The Kier molecular flexibility index (Phi) is 5.77. The molecule has 1 aromatic heterocycles. The molecule has 1 unspecified atom stereocenters. The number of pyridine rings is 1. The number of nitrogens with zero attached hydrogens (tertiary/aromatic N) is 4. The van der Waals surface area contributed by atoms with E-state index in [-0.39, 0.29) is 11.6 Å². The Bertz CT molecular complexity index is 646. The van der Waals surface area contributed by atoms with E-state index in [1.165, 1.54) is 6.42 Å². The molecule has 3 rings (SSSR count). The van der Waals surface area contributed by atoms with Crippen LogP contribution in [0.2, 0.25) is 0 Å². The number of aromatic nitrogens is 1. The van der Waals surface area contributed by atoms with Gasteiger partial charge in [0.15, 0.2) is 5.66 Å². The second-order valence-corrected chi connectivity index (χ2v) is 6.78. The molecule has 1 fully saturated rings. The van der Waals surface area contributed by atoms with Crippen molar-refractivity contribution in [3.8, 4) is 12.3 Å². The highest BCUT2D eigenvalue weighted by Crippen LogP contribution is 2.37. The Hall–Kier alpha value is -2.26. The topological polar surface area (TPSA) is 70.0 Å². The van der Waals surface area contributed by atoms with Crippen molar-refractivity contribution >= 4 is 5.91 Å². The van der Waals surface area contributed by atoms with E-state index in [2.05, 4.69) is 31.3 Å². The van der Waals surface area contributed by atoms with Crippen LogP contribution in [0.4, 0.5) is 0 Å². The molecule has 0 spiro atoms. The second kappa shape index (κ2) is 8.21. The number of amides is 1. The minimum absolute atomic E-state index is 0.0714. The predicted molar refractivity (Wildman–Crippen MR) is 95.6 cm³/mol. The fraction of sp³-hybridized carbons (Fsp3) is 0.579. The molecule has 25 heavy (non-hydrogen) atoms. The number of carbonyl (C=O) groups excluding carboxylic acids is 1. The van der Waals surface area contributed by atoms with Crippen LogP contribution in [-0.2, 0) is 11.3 Å². The van der Waals surface area contributed by atoms with Gasteiger partial charge in [0, 0.05) is 51.0 Å². The van der Waals surface area contributed by atoms with Gasteiger partial charge in [0.1, 0.15) is 0 Å². The zero-order chi connectivity index (χ0) is 17.5. The van der Waals surface area contributed by atoms with E-state index < -0.39 is 0 Å². The highest BCUT2D eigenvalue weighted by molar-refractivity contribution is 5.76. The standard InChI is InChI=1S/C19H25N5O/c1-2-3-10-19(22-23-19)11-9-18(25)21-14-17-8-6-13-24(17)15-16-7-4-5-12-20-16/h1,4-5,7,12,17H,3,6,8-11,13-15H2,(H,21,25). The van der Waals surface area contributed by atoms with E-state index in [1.54, 1.807) is 0 Å². The molecule has 2 aliphatic heterocycles. The summed E-state index contributed by atoms with van der Waals surface area (Å²) >= 11 is 0. The van der Waals surface area contributed by atoms with Crippen molar-refractivity contribution in [1.82, 2.24) is 15.2 Å². The normalized spacial score (nSPS) is 21.0. The third kappa shape index (κ3) is 5.10. The van der Waals surface area contributed by atoms with Crippen molar-refractivity contribution in [3.05, 3.63) is 30.1 Å². The number of hydrogen-bond donors (Lipinski definition) is 1. The third-order valence-corrected chi connectivity index (χ3v) is 4.93. The first-order valence-corrected chi connectivity index (χ1v) is 8.99. The highest BCUT2D eigenvalue weighted by Gasteiger charge is 2.39. The van der Waals surface area contributed by atoms with Crippen molar-refractivity contribution in [2.75, 3.05) is 13.1 Å². The van der Waals surface area contributed by atoms with Gasteiger partial charge in [-0.1, -0.05) is 6.07 Å². The summed E-state index contributed by atoms with van der Waals surface area (Å²) in [7, 11) is 0. The average molecular weight is 339 g/mol. The Morgan fingerprint density at radius 2 is 2.28 bits per heavy atom. The van der Waals surface area contributed by atoms with Gasteiger partial charge in [0.05, 0.1) is 5.69 Å². The summed E-state index contributed by atoms with van der Waals surface area (Å²) in [5.74, 6) is 2.68. The smallest absolute Gasteiger partial charge is 0.220 e. The van der Waals surface area contributed by atoms with Crippen LogP contribution in [0.25, 0.3) is 0 Å². The maximum atomic E-state index is 12.1. The lowest BCUT2D eigenvalue weighted by Gasteiger charge is -2.24. The van der Waals surface area contributed by atoms with Gasteiger partial charge in [-0.05, 0) is 31.5 Å². The minimum atomic E-state index is -0.373. The summed E-state index contributed by atoms with van der Waals surface area (Å²) in [6.45, 7) is 2.59. The van der Waals surface area contributed by atoms with Crippen LogP contribution in [0, 0.1) is 12.3 Å². The summed E-state index contributed by atoms with van der Waals surface area (Å²) in [4.78, 5) is 18.9. The van der Waals surface area contributed by atoms with Gasteiger partial charge in [-0.15, -0.1) is 12.3 Å². The van der Waals surface area contributed by atoms with Crippen molar-refractivity contribution in [2.24, 2.45) is 10.2 Å². The molecule has 0 saturated carbocycles. The van der Waals surface area contributed by atoms with Crippen molar-refractivity contribution in [3.63, 3.8) is 0 Å². The molecule has 0 radical (unpaired) electrons. The Balaban J connectivity index is 1.38. The lowest BCUT2D eigenvalue weighted by atomic mass is 10.0. The Morgan fingerprint density at radius 1 is 1.40 bits per heavy atom. The SMILES string of the molecule is C#CCCC1(CCC(=O)NCC2CCCN2Cc2ccccn2)N=N1. The van der Waals surface area contributed by atoms with E-state index in [0.29, 0.717) is 31.8 Å². The van der Waals surface area contributed by atoms with Gasteiger partial charge in [0.2, 0.25) is 5.91 Å². The summed E-state index contributed by atoms with van der Waals surface area (Å²) in [6, 6.07) is 6.38. The van der Waals surface area contributed by atoms with Crippen LogP contribution in [0.15, 0.2) is 34.6 Å². The van der Waals surface area contributed by atoms with Crippen LogP contribution >= 0.6 is 0 Å². The first-order chi connectivity index (χ1) is 12.2. The lowest BCUT2D eigenvalue weighted by Crippen LogP contribution is -2.40. The lowest BCUT2D eigenvalue weighted by molar-refractivity contribution is -0.121. The first-order valence-electron chi connectivity index (χ1n) is 8.99. The van der Waals surface area contributed by atoms with E-state index in [4.69, 9.17) is 6.42 Å². The summed E-state index contributed by atoms with van der Waals surface area (Å²) in [5.41, 5.74) is 0.704. The molecule has 6 heteroatoms. The monoisotopic (exact) mass is 339 g/mol. The van der Waals surface area contributed by atoms with Gasteiger partial charge in [-0.3, -0.25) is 14.7 Å². The van der Waals surface area contributed by atoms with Gasteiger partial charge < -0.3 is 5.32 Å². The fourth-order valence-corrected chi connectivity index (χ4v) is 3.34. The molecule has 0 bridgehead atoms. The van der Waals surface area contributed by atoms with Crippen LogP contribution in [0.1, 0.15) is 44.2 Å². The zero-order valence-corrected chi connectivity index (χ0v) is 14.5. The molecule has 1 atom stereocenters. The molecular formula is C19H25N5O. The van der Waals surface area contributed by atoms with Crippen LogP contribution in [-0.4, -0.2) is 40.6 Å². The number of hydrogen-bond acceptors (Lipinski definition) is 5. The van der Waals surface area contributed by atoms with Crippen LogP contribution in [0.3, 0.4) is 0 Å². The first kappa shape index (κ1) is 17.6. The number of terminal acetylenes is 1. The quantitative estimate of drug-likeness (QED) is 0.703. The zero-order valence-electron chi connectivity index (χ0n) is 14.5. The van der Waals surface area contributed by atoms with Crippen molar-refractivity contribution in [2.45, 2.75) is 56.8 Å². The molecule has 1 N–H and O–H groups in total. The molecule has 1 aromatic rings. The largest absolute Gasteiger partial charge is 0.355 e. The summed E-state index contributed by atoms with van der Waals surface area (Å²) in [5, 5.41) is 11.2. The highest BCUT2D eigenvalue weighted by atomic mass is 16.1. The van der Waals surface area contributed by atoms with Crippen molar-refractivity contribution in [1.29, 1.82) is 0 Å². The Morgan fingerprint density at radius 3 is 3.00 bits per heavy atom. The fourth-order valence-electron chi connectivity index (χ4n) is 3.34.